The molecule has 0 N–H and O–H groups in total. The summed E-state index contributed by atoms with van der Waals surface area (Å²) in [4.78, 5) is 28.8. The lowest BCUT2D eigenvalue weighted by Gasteiger charge is -2.34. The molecule has 8 heteroatoms. The highest BCUT2D eigenvalue weighted by atomic mass is 16.9. The minimum absolute atomic E-state index is 0.163. The van der Waals surface area contributed by atoms with Crippen LogP contribution in [0, 0.1) is 10.1 Å². The van der Waals surface area contributed by atoms with E-state index in [4.69, 9.17) is 0 Å². The number of nitrogens with zero attached hydrogens (tertiary/aromatic N) is 3. The molecule has 19 heavy (non-hydrogen) atoms. The summed E-state index contributed by atoms with van der Waals surface area (Å²) in [5.74, 6) is 0. The van der Waals surface area contributed by atoms with Crippen LogP contribution in [0.3, 0.4) is 0 Å². The van der Waals surface area contributed by atoms with E-state index in [1.165, 1.54) is 0 Å². The largest absolute Gasteiger partial charge is 0.468 e. The standard InChI is InChI=1S/C11H21N3O5/c15-11-18-9-1-3-12-5-7-13(8-6-12)4-2-10-19-14(16)17/h11H,1-10H2. The van der Waals surface area contributed by atoms with E-state index in [0.29, 0.717) is 19.5 Å². The summed E-state index contributed by atoms with van der Waals surface area (Å²) in [6.45, 7) is 6.78. The van der Waals surface area contributed by atoms with Crippen LogP contribution in [0.5, 0.6) is 0 Å². The zero-order valence-corrected chi connectivity index (χ0v) is 11.0. The fourth-order valence-corrected chi connectivity index (χ4v) is 2.08. The molecule has 1 aliphatic heterocycles. The van der Waals surface area contributed by atoms with Crippen molar-refractivity contribution in [2.45, 2.75) is 12.8 Å². The maximum absolute atomic E-state index is 9.97. The molecule has 8 nitrogen and oxygen atoms in total. The summed E-state index contributed by atoms with van der Waals surface area (Å²) in [7, 11) is 0. The van der Waals surface area contributed by atoms with Gasteiger partial charge in [-0.05, 0) is 12.8 Å². The average molecular weight is 275 g/mol. The molecular formula is C11H21N3O5. The second-order valence-corrected chi connectivity index (χ2v) is 4.41. The molecule has 0 aliphatic carbocycles. The maximum atomic E-state index is 9.97. The predicted molar refractivity (Wildman–Crippen MR) is 67.1 cm³/mol. The lowest BCUT2D eigenvalue weighted by molar-refractivity contribution is -0.757. The molecule has 1 fully saturated rings. The van der Waals surface area contributed by atoms with Crippen molar-refractivity contribution < 1.29 is 19.5 Å². The molecule has 0 saturated carbocycles. The molecule has 0 spiro atoms. The number of carbonyl (C=O) groups is 1. The molecule has 0 amide bonds. The van der Waals surface area contributed by atoms with Crippen molar-refractivity contribution in [3.05, 3.63) is 10.1 Å². The van der Waals surface area contributed by atoms with E-state index in [-0.39, 0.29) is 6.61 Å². The Bertz CT molecular complexity index is 269. The Morgan fingerprint density at radius 1 is 1.05 bits per heavy atom. The van der Waals surface area contributed by atoms with Gasteiger partial charge in [0.25, 0.3) is 11.6 Å². The first kappa shape index (κ1) is 15.6. The summed E-state index contributed by atoms with van der Waals surface area (Å²) in [5, 5.41) is 9.22. The first-order valence-electron chi connectivity index (χ1n) is 6.49. The van der Waals surface area contributed by atoms with Crippen molar-refractivity contribution in [1.82, 2.24) is 9.80 Å². The topological polar surface area (TPSA) is 85.2 Å². The predicted octanol–water partition coefficient (Wildman–Crippen LogP) is -0.234. The smallest absolute Gasteiger partial charge is 0.294 e. The quantitative estimate of drug-likeness (QED) is 0.235. The SMILES string of the molecule is O=COCCCN1CCN(CCCO[N+](=O)[O-])CC1. The fraction of sp³-hybridized carbons (Fsp3) is 0.909. The van der Waals surface area contributed by atoms with E-state index in [2.05, 4.69) is 19.4 Å². The molecule has 0 aromatic heterocycles. The second-order valence-electron chi connectivity index (χ2n) is 4.41. The second kappa shape index (κ2) is 9.51. The highest BCUT2D eigenvalue weighted by Gasteiger charge is 2.15. The monoisotopic (exact) mass is 275 g/mol. The lowest BCUT2D eigenvalue weighted by atomic mass is 10.2. The van der Waals surface area contributed by atoms with Crippen LogP contribution in [-0.2, 0) is 14.4 Å². The fourth-order valence-electron chi connectivity index (χ4n) is 2.08. The van der Waals surface area contributed by atoms with Gasteiger partial charge in [0.2, 0.25) is 0 Å². The number of ether oxygens (including phenoxy) is 1. The van der Waals surface area contributed by atoms with Gasteiger partial charge in [0.1, 0.15) is 0 Å². The Kier molecular flexibility index (Phi) is 7.83. The normalized spacial score (nSPS) is 17.1. The van der Waals surface area contributed by atoms with Gasteiger partial charge in [-0.25, -0.2) is 0 Å². The zero-order chi connectivity index (χ0) is 13.9. The number of hydrogen-bond donors (Lipinski definition) is 0. The van der Waals surface area contributed by atoms with Crippen molar-refractivity contribution in [3.8, 4) is 0 Å². The number of hydrogen-bond acceptors (Lipinski definition) is 7. The average Bonchev–Trinajstić information content (AvgIpc) is 2.41. The Morgan fingerprint density at radius 3 is 2.05 bits per heavy atom. The minimum Gasteiger partial charge on any atom is -0.468 e. The summed E-state index contributed by atoms with van der Waals surface area (Å²) >= 11 is 0. The Morgan fingerprint density at radius 2 is 1.58 bits per heavy atom. The van der Waals surface area contributed by atoms with Crippen LogP contribution >= 0.6 is 0 Å². The molecule has 1 rings (SSSR count). The summed E-state index contributed by atoms with van der Waals surface area (Å²) in [6.07, 6.45) is 1.53. The number of carbonyl (C=O) groups excluding carboxylic acids is 1. The third-order valence-electron chi connectivity index (χ3n) is 3.08. The van der Waals surface area contributed by atoms with Gasteiger partial charge >= 0.3 is 0 Å². The molecule has 1 aliphatic rings. The third kappa shape index (κ3) is 7.58. The van der Waals surface area contributed by atoms with Gasteiger partial charge in [-0.2, -0.15) is 0 Å². The van der Waals surface area contributed by atoms with Gasteiger partial charge < -0.3 is 19.4 Å². The molecule has 0 bridgehead atoms. The molecule has 1 saturated heterocycles. The van der Waals surface area contributed by atoms with Crippen molar-refractivity contribution in [1.29, 1.82) is 0 Å². The molecule has 0 atom stereocenters. The first-order chi connectivity index (χ1) is 9.22. The molecule has 1 heterocycles. The van der Waals surface area contributed by atoms with Gasteiger partial charge in [0.05, 0.1) is 13.2 Å². The highest BCUT2D eigenvalue weighted by Crippen LogP contribution is 2.03. The molecule has 0 aromatic carbocycles. The minimum atomic E-state index is -0.751. The summed E-state index contributed by atoms with van der Waals surface area (Å²) in [5.41, 5.74) is 0. The molecule has 110 valence electrons. The van der Waals surface area contributed by atoms with E-state index in [1.807, 2.05) is 0 Å². The Labute approximate surface area is 112 Å². The van der Waals surface area contributed by atoms with Gasteiger partial charge in [0, 0.05) is 39.3 Å². The lowest BCUT2D eigenvalue weighted by Crippen LogP contribution is -2.47. The van der Waals surface area contributed by atoms with E-state index < -0.39 is 5.09 Å². The van der Waals surface area contributed by atoms with Crippen LogP contribution in [-0.4, -0.2) is 73.8 Å². The number of rotatable bonds is 10. The highest BCUT2D eigenvalue weighted by molar-refractivity contribution is 5.36. The zero-order valence-electron chi connectivity index (χ0n) is 11.0. The Balaban J connectivity index is 1.99. The van der Waals surface area contributed by atoms with Crippen LogP contribution < -0.4 is 0 Å². The summed E-state index contributed by atoms with van der Waals surface area (Å²) in [6, 6.07) is 0. The number of piperazine rings is 1. The van der Waals surface area contributed by atoms with Crippen molar-refractivity contribution >= 4 is 6.47 Å². The molecule has 0 unspecified atom stereocenters. The van der Waals surface area contributed by atoms with Crippen molar-refractivity contribution in [2.24, 2.45) is 0 Å². The molecule has 0 radical (unpaired) electrons. The van der Waals surface area contributed by atoms with Crippen LogP contribution in [0.15, 0.2) is 0 Å². The third-order valence-corrected chi connectivity index (χ3v) is 3.08. The van der Waals surface area contributed by atoms with Gasteiger partial charge in [-0.1, -0.05) is 0 Å². The van der Waals surface area contributed by atoms with Crippen LogP contribution in [0.25, 0.3) is 0 Å². The van der Waals surface area contributed by atoms with Crippen LogP contribution in [0.4, 0.5) is 0 Å². The summed E-state index contributed by atoms with van der Waals surface area (Å²) < 4.78 is 4.64. The first-order valence-corrected chi connectivity index (χ1v) is 6.49. The van der Waals surface area contributed by atoms with E-state index in [1.54, 1.807) is 0 Å². The van der Waals surface area contributed by atoms with E-state index in [9.17, 15) is 14.9 Å². The van der Waals surface area contributed by atoms with Gasteiger partial charge in [-0.3, -0.25) is 4.79 Å². The molecule has 0 aromatic rings. The van der Waals surface area contributed by atoms with Gasteiger partial charge in [0.15, 0.2) is 0 Å². The molecular weight excluding hydrogens is 254 g/mol. The van der Waals surface area contributed by atoms with Crippen LogP contribution in [0.1, 0.15) is 12.8 Å². The Hall–Kier alpha value is -1.41. The van der Waals surface area contributed by atoms with Gasteiger partial charge in [-0.15, -0.1) is 10.1 Å². The van der Waals surface area contributed by atoms with Crippen molar-refractivity contribution in [2.75, 3.05) is 52.5 Å². The van der Waals surface area contributed by atoms with Crippen molar-refractivity contribution in [3.63, 3.8) is 0 Å². The van der Waals surface area contributed by atoms with E-state index in [0.717, 1.165) is 45.7 Å². The van der Waals surface area contributed by atoms with E-state index >= 15 is 0 Å². The van der Waals surface area contributed by atoms with Crippen LogP contribution in [0.2, 0.25) is 0 Å². The maximum Gasteiger partial charge on any atom is 0.294 e.